The van der Waals surface area contributed by atoms with E-state index in [0.717, 1.165) is 14.9 Å². The molecule has 0 aliphatic carbocycles. The van der Waals surface area contributed by atoms with Crippen molar-refractivity contribution < 1.29 is 18.0 Å². The Morgan fingerprint density at radius 2 is 2.07 bits per heavy atom. The second kappa shape index (κ2) is 9.32. The predicted molar refractivity (Wildman–Crippen MR) is 118 cm³/mol. The first-order valence-corrected chi connectivity index (χ1v) is 12.4. The lowest BCUT2D eigenvalue weighted by atomic mass is 10.2. The van der Waals surface area contributed by atoms with Crippen LogP contribution in [-0.2, 0) is 26.0 Å². The van der Waals surface area contributed by atoms with Crippen LogP contribution in [0.5, 0.6) is 0 Å². The molecule has 1 aliphatic rings. The molecule has 0 saturated carbocycles. The van der Waals surface area contributed by atoms with Crippen LogP contribution in [-0.4, -0.2) is 31.2 Å². The van der Waals surface area contributed by atoms with Crippen LogP contribution in [0.4, 0.5) is 5.69 Å². The van der Waals surface area contributed by atoms with E-state index in [1.807, 2.05) is 31.2 Å². The van der Waals surface area contributed by atoms with Crippen LogP contribution < -0.4 is 10.6 Å². The summed E-state index contributed by atoms with van der Waals surface area (Å²) in [6.45, 7) is 2.29. The second-order valence-electron chi connectivity index (χ2n) is 6.81. The molecule has 0 unspecified atom stereocenters. The minimum absolute atomic E-state index is 0.103. The summed E-state index contributed by atoms with van der Waals surface area (Å²) < 4.78 is 26.2. The first-order chi connectivity index (χ1) is 13.7. The summed E-state index contributed by atoms with van der Waals surface area (Å²) in [7, 11) is -3.65. The van der Waals surface area contributed by atoms with Crippen molar-refractivity contribution in [2.75, 3.05) is 11.1 Å². The lowest BCUT2D eigenvalue weighted by Crippen LogP contribution is -2.25. The third-order valence-electron chi connectivity index (χ3n) is 4.36. The molecule has 3 rings (SSSR count). The smallest absolute Gasteiger partial charge is 0.225 e. The number of fused-ring (bicyclic) bond motifs is 1. The number of benzene rings is 2. The second-order valence-corrected chi connectivity index (χ2v) is 11.3. The number of hydrogen-bond donors (Lipinski definition) is 2. The van der Waals surface area contributed by atoms with E-state index in [2.05, 4.69) is 26.6 Å². The Hall–Kier alpha value is -1.84. The zero-order chi connectivity index (χ0) is 21.0. The SMILES string of the molecule is C[C@@H]1CC(=O)Nc2cc(S(=O)(=O)CCC(=O)NCc3cccc(Br)c3)ccc2S1. The van der Waals surface area contributed by atoms with Gasteiger partial charge in [0.2, 0.25) is 11.8 Å². The van der Waals surface area contributed by atoms with Crippen molar-refractivity contribution in [1.82, 2.24) is 5.32 Å². The molecular weight excluding hydrogens is 476 g/mol. The lowest BCUT2D eigenvalue weighted by molar-refractivity contribution is -0.121. The molecule has 1 atom stereocenters. The van der Waals surface area contributed by atoms with Gasteiger partial charge < -0.3 is 10.6 Å². The van der Waals surface area contributed by atoms with E-state index in [-0.39, 0.29) is 34.1 Å². The molecule has 2 amide bonds. The number of halogens is 1. The highest BCUT2D eigenvalue weighted by molar-refractivity contribution is 9.10. The van der Waals surface area contributed by atoms with Crippen molar-refractivity contribution in [2.45, 2.75) is 41.4 Å². The fourth-order valence-corrected chi connectivity index (χ4v) is 5.67. The topological polar surface area (TPSA) is 92.3 Å². The minimum Gasteiger partial charge on any atom is -0.352 e. The normalized spacial score (nSPS) is 16.5. The number of amides is 2. The number of nitrogens with one attached hydrogen (secondary N) is 2. The Kier molecular flexibility index (Phi) is 7.02. The molecule has 29 heavy (non-hydrogen) atoms. The molecule has 9 heteroatoms. The Morgan fingerprint density at radius 1 is 1.28 bits per heavy atom. The third-order valence-corrected chi connectivity index (χ3v) is 7.75. The number of hydrogen-bond acceptors (Lipinski definition) is 5. The average Bonchev–Trinajstić information content (AvgIpc) is 2.80. The van der Waals surface area contributed by atoms with Crippen LogP contribution >= 0.6 is 27.7 Å². The molecule has 0 bridgehead atoms. The van der Waals surface area contributed by atoms with Gasteiger partial charge in [-0.25, -0.2) is 8.42 Å². The van der Waals surface area contributed by atoms with Gasteiger partial charge in [-0.3, -0.25) is 9.59 Å². The maximum atomic E-state index is 12.7. The molecule has 6 nitrogen and oxygen atoms in total. The van der Waals surface area contributed by atoms with Gasteiger partial charge in [0.15, 0.2) is 9.84 Å². The number of anilines is 1. The zero-order valence-corrected chi connectivity index (χ0v) is 19.0. The number of carbonyl (C=O) groups excluding carboxylic acids is 2. The highest BCUT2D eigenvalue weighted by Gasteiger charge is 2.22. The van der Waals surface area contributed by atoms with E-state index >= 15 is 0 Å². The summed E-state index contributed by atoms with van der Waals surface area (Å²) in [4.78, 5) is 24.9. The van der Waals surface area contributed by atoms with E-state index < -0.39 is 9.84 Å². The van der Waals surface area contributed by atoms with Crippen LogP contribution in [0.3, 0.4) is 0 Å². The predicted octanol–water partition coefficient (Wildman–Crippen LogP) is 3.75. The van der Waals surface area contributed by atoms with Crippen molar-refractivity contribution in [1.29, 1.82) is 0 Å². The zero-order valence-electron chi connectivity index (χ0n) is 15.8. The summed E-state index contributed by atoms with van der Waals surface area (Å²) in [6, 6.07) is 12.2. The molecule has 2 aromatic carbocycles. The first kappa shape index (κ1) is 21.9. The lowest BCUT2D eigenvalue weighted by Gasteiger charge is -2.11. The van der Waals surface area contributed by atoms with Crippen LogP contribution in [0, 0.1) is 0 Å². The molecule has 0 saturated heterocycles. The van der Waals surface area contributed by atoms with Crippen molar-refractivity contribution in [2.24, 2.45) is 0 Å². The average molecular weight is 497 g/mol. The maximum absolute atomic E-state index is 12.7. The molecule has 0 fully saturated rings. The largest absolute Gasteiger partial charge is 0.352 e. The van der Waals surface area contributed by atoms with Gasteiger partial charge in [0.05, 0.1) is 16.3 Å². The molecule has 1 aliphatic heterocycles. The van der Waals surface area contributed by atoms with Crippen LogP contribution in [0.2, 0.25) is 0 Å². The molecule has 0 spiro atoms. The Bertz CT molecular complexity index is 1040. The van der Waals surface area contributed by atoms with Gasteiger partial charge in [-0.1, -0.05) is 35.0 Å². The minimum atomic E-state index is -3.65. The Labute approximate surface area is 182 Å². The van der Waals surface area contributed by atoms with Crippen molar-refractivity contribution in [3.8, 4) is 0 Å². The van der Waals surface area contributed by atoms with Gasteiger partial charge in [-0.2, -0.15) is 0 Å². The van der Waals surface area contributed by atoms with E-state index in [1.165, 1.54) is 23.9 Å². The van der Waals surface area contributed by atoms with Gasteiger partial charge in [-0.05, 0) is 35.9 Å². The summed E-state index contributed by atoms with van der Waals surface area (Å²) in [5.74, 6) is -0.764. The number of rotatable bonds is 6. The van der Waals surface area contributed by atoms with Crippen molar-refractivity contribution in [3.63, 3.8) is 0 Å². The summed E-state index contributed by atoms with van der Waals surface area (Å²) in [5, 5.41) is 5.62. The first-order valence-electron chi connectivity index (χ1n) is 9.07. The van der Waals surface area contributed by atoms with Crippen molar-refractivity contribution in [3.05, 3.63) is 52.5 Å². The quantitative estimate of drug-likeness (QED) is 0.635. The van der Waals surface area contributed by atoms with Crippen LogP contribution in [0.25, 0.3) is 0 Å². The number of sulfone groups is 1. The third kappa shape index (κ3) is 6.07. The molecule has 2 N–H and O–H groups in total. The fraction of sp³-hybridized carbons (Fsp3) is 0.300. The molecule has 1 heterocycles. The number of thioether (sulfide) groups is 1. The molecule has 0 radical (unpaired) electrons. The molecule has 2 aromatic rings. The van der Waals surface area contributed by atoms with Gasteiger partial charge in [0, 0.05) is 34.0 Å². The summed E-state index contributed by atoms with van der Waals surface area (Å²) in [6.07, 6.45) is 0.241. The van der Waals surface area contributed by atoms with Gasteiger partial charge in [0.25, 0.3) is 0 Å². The standard InChI is InChI=1S/C20H21BrN2O4S2/c1-13-9-20(25)23-17-11-16(5-6-18(17)28-13)29(26,27)8-7-19(24)22-12-14-3-2-4-15(21)10-14/h2-6,10-11,13H,7-9,12H2,1H3,(H,22,24)(H,23,25)/t13-/m1/s1. The Balaban J connectivity index is 1.62. The summed E-state index contributed by atoms with van der Waals surface area (Å²) in [5.41, 5.74) is 1.42. The number of carbonyl (C=O) groups is 2. The molecule has 0 aromatic heterocycles. The summed E-state index contributed by atoms with van der Waals surface area (Å²) >= 11 is 4.90. The molecular formula is C20H21BrN2O4S2. The fourth-order valence-electron chi connectivity index (χ4n) is 2.90. The van der Waals surface area contributed by atoms with E-state index in [4.69, 9.17) is 0 Å². The van der Waals surface area contributed by atoms with Crippen LogP contribution in [0.15, 0.2) is 56.7 Å². The maximum Gasteiger partial charge on any atom is 0.225 e. The monoisotopic (exact) mass is 496 g/mol. The van der Waals surface area contributed by atoms with Gasteiger partial charge >= 0.3 is 0 Å². The van der Waals surface area contributed by atoms with E-state index in [0.29, 0.717) is 18.7 Å². The highest BCUT2D eigenvalue weighted by Crippen LogP contribution is 2.36. The highest BCUT2D eigenvalue weighted by atomic mass is 79.9. The van der Waals surface area contributed by atoms with Gasteiger partial charge in [0.1, 0.15) is 0 Å². The Morgan fingerprint density at radius 3 is 2.83 bits per heavy atom. The van der Waals surface area contributed by atoms with E-state index in [9.17, 15) is 18.0 Å². The van der Waals surface area contributed by atoms with E-state index in [1.54, 1.807) is 6.07 Å². The van der Waals surface area contributed by atoms with Crippen molar-refractivity contribution >= 4 is 55.0 Å². The van der Waals surface area contributed by atoms with Crippen LogP contribution in [0.1, 0.15) is 25.3 Å². The van der Waals surface area contributed by atoms with Gasteiger partial charge in [-0.15, -0.1) is 11.8 Å². The molecule has 154 valence electrons.